The molecule has 0 radical (unpaired) electrons. The largest absolute Gasteiger partial charge is 0.573 e. The van der Waals surface area contributed by atoms with Gasteiger partial charge in [0.15, 0.2) is 0 Å². The van der Waals surface area contributed by atoms with Crippen molar-refractivity contribution in [2.75, 3.05) is 0 Å². The van der Waals surface area contributed by atoms with Crippen LogP contribution in [-0.2, 0) is 0 Å². The minimum atomic E-state index is -4.87. The van der Waals surface area contributed by atoms with Crippen molar-refractivity contribution in [1.29, 1.82) is 0 Å². The number of nitrogens with zero attached hydrogens (tertiary/aromatic N) is 2. The first kappa shape index (κ1) is 21.9. The van der Waals surface area contributed by atoms with Gasteiger partial charge >= 0.3 is 12.7 Å². The van der Waals surface area contributed by atoms with Gasteiger partial charge in [0.05, 0.1) is 16.3 Å². The van der Waals surface area contributed by atoms with Crippen molar-refractivity contribution in [2.45, 2.75) is 12.7 Å². The van der Waals surface area contributed by atoms with Crippen LogP contribution in [0.15, 0.2) is 60.7 Å². The maximum absolute atomic E-state index is 12.3. The smallest absolute Gasteiger partial charge is 0.406 e. The quantitative estimate of drug-likeness (QED) is 0.269. The Kier molecular flexibility index (Phi) is 5.73. The average molecular weight is 444 g/mol. The van der Waals surface area contributed by atoms with Crippen LogP contribution in [0.1, 0.15) is 0 Å². The number of nitro groups is 1. The van der Waals surface area contributed by atoms with Crippen LogP contribution >= 0.6 is 0 Å². The molecule has 0 aliphatic heterocycles. The number of hydrogen-bond donors (Lipinski definition) is 0. The summed E-state index contributed by atoms with van der Waals surface area (Å²) in [7, 11) is 0. The highest BCUT2D eigenvalue weighted by Gasteiger charge is 2.31. The van der Waals surface area contributed by atoms with Gasteiger partial charge in [-0.3, -0.25) is 10.1 Å². The van der Waals surface area contributed by atoms with Crippen LogP contribution in [0.4, 0.5) is 32.0 Å². The summed E-state index contributed by atoms with van der Waals surface area (Å²) in [5.74, 6) is -0.968. The van der Waals surface area contributed by atoms with E-state index in [4.69, 9.17) is 0 Å². The van der Waals surface area contributed by atoms with Crippen LogP contribution in [0.3, 0.4) is 0 Å². The monoisotopic (exact) mass is 444 g/mol. The molecule has 0 saturated heterocycles. The van der Waals surface area contributed by atoms with Crippen LogP contribution in [0.5, 0.6) is 11.5 Å². The molecule has 0 aliphatic rings. The maximum Gasteiger partial charge on any atom is 0.573 e. The summed E-state index contributed by atoms with van der Waals surface area (Å²) in [6.45, 7) is 0. The zero-order valence-electron chi connectivity index (χ0n) is 15.1. The molecule has 3 rings (SSSR count). The molecule has 0 atom stereocenters. The van der Waals surface area contributed by atoms with Gasteiger partial charge in [-0.2, -0.15) is 0 Å². The highest BCUT2D eigenvalue weighted by atomic mass is 19.4. The van der Waals surface area contributed by atoms with Crippen molar-refractivity contribution in [3.63, 3.8) is 0 Å². The summed E-state index contributed by atoms with van der Waals surface area (Å²) in [4.78, 5) is 14.8. The SMILES string of the molecule is O=[N+]([O-])c1cc(-c2ccc(OC(F)(F)F)cc2)nc(-c2ccc(OC(F)(F)F)cc2)c1. The normalized spacial score (nSPS) is 11.8. The fourth-order valence-corrected chi connectivity index (χ4v) is 2.57. The summed E-state index contributed by atoms with van der Waals surface area (Å²) in [5, 5.41) is 11.3. The van der Waals surface area contributed by atoms with Crippen molar-refractivity contribution in [1.82, 2.24) is 4.98 Å². The number of hydrogen-bond acceptors (Lipinski definition) is 5. The van der Waals surface area contributed by atoms with Gasteiger partial charge in [-0.15, -0.1) is 26.3 Å². The second-order valence-electron chi connectivity index (χ2n) is 6.00. The molecule has 0 spiro atoms. The molecule has 3 aromatic rings. The molecule has 0 aliphatic carbocycles. The van der Waals surface area contributed by atoms with E-state index in [0.717, 1.165) is 36.4 Å². The predicted molar refractivity (Wildman–Crippen MR) is 95.1 cm³/mol. The van der Waals surface area contributed by atoms with Gasteiger partial charge in [0.2, 0.25) is 0 Å². The van der Waals surface area contributed by atoms with E-state index < -0.39 is 29.1 Å². The fraction of sp³-hybridized carbons (Fsp3) is 0.105. The molecular weight excluding hydrogens is 434 g/mol. The first-order valence-electron chi connectivity index (χ1n) is 8.28. The molecule has 0 unspecified atom stereocenters. The summed E-state index contributed by atoms with van der Waals surface area (Å²) in [6, 6.07) is 11.2. The fourth-order valence-electron chi connectivity index (χ4n) is 2.57. The number of benzene rings is 2. The van der Waals surface area contributed by atoms with Crippen molar-refractivity contribution in [3.05, 3.63) is 70.8 Å². The Bertz CT molecular complexity index is 1000. The third-order valence-electron chi connectivity index (χ3n) is 3.79. The molecule has 31 heavy (non-hydrogen) atoms. The van der Waals surface area contributed by atoms with Crippen LogP contribution in [0.25, 0.3) is 22.5 Å². The lowest BCUT2D eigenvalue weighted by molar-refractivity contribution is -0.384. The van der Waals surface area contributed by atoms with Gasteiger partial charge in [0.1, 0.15) is 11.5 Å². The van der Waals surface area contributed by atoms with Crippen molar-refractivity contribution in [2.24, 2.45) is 0 Å². The van der Waals surface area contributed by atoms with Crippen molar-refractivity contribution in [3.8, 4) is 34.0 Å². The zero-order chi connectivity index (χ0) is 22.8. The molecule has 0 bridgehead atoms. The van der Waals surface area contributed by atoms with Crippen LogP contribution < -0.4 is 9.47 Å². The van der Waals surface area contributed by atoms with E-state index in [-0.39, 0.29) is 28.2 Å². The molecule has 0 fully saturated rings. The molecule has 6 nitrogen and oxygen atoms in total. The Morgan fingerprint density at radius 3 is 1.35 bits per heavy atom. The zero-order valence-corrected chi connectivity index (χ0v) is 15.1. The molecular formula is C19H10F6N2O4. The Morgan fingerprint density at radius 2 is 1.06 bits per heavy atom. The first-order chi connectivity index (χ1) is 14.4. The van der Waals surface area contributed by atoms with Gasteiger partial charge in [0, 0.05) is 23.3 Å². The number of ether oxygens (including phenoxy) is 2. The van der Waals surface area contributed by atoms with Gasteiger partial charge in [0.25, 0.3) is 5.69 Å². The van der Waals surface area contributed by atoms with E-state index in [9.17, 15) is 36.5 Å². The van der Waals surface area contributed by atoms with Gasteiger partial charge in [-0.05, 0) is 48.5 Å². The highest BCUT2D eigenvalue weighted by molar-refractivity contribution is 5.70. The molecule has 0 saturated carbocycles. The third kappa shape index (κ3) is 6.07. The van der Waals surface area contributed by atoms with Gasteiger partial charge in [-0.25, -0.2) is 4.98 Å². The Labute approximate surface area is 169 Å². The van der Waals surface area contributed by atoms with E-state index in [2.05, 4.69) is 14.5 Å². The minimum Gasteiger partial charge on any atom is -0.406 e. The van der Waals surface area contributed by atoms with Gasteiger partial charge < -0.3 is 9.47 Å². The van der Waals surface area contributed by atoms with Crippen LogP contribution in [0, 0.1) is 10.1 Å². The lowest BCUT2D eigenvalue weighted by Crippen LogP contribution is -2.16. The van der Waals surface area contributed by atoms with E-state index in [1.54, 1.807) is 0 Å². The predicted octanol–water partition coefficient (Wildman–Crippen LogP) is 6.12. The standard InChI is InChI=1S/C19H10F6N2O4/c20-18(21,22)30-14-5-1-11(2-6-14)16-9-13(27(28)29)10-17(26-16)12-3-7-15(8-4-12)31-19(23,24)25/h1-10H. The van der Waals surface area contributed by atoms with Crippen LogP contribution in [0.2, 0.25) is 0 Å². The lowest BCUT2D eigenvalue weighted by atomic mass is 10.1. The molecule has 162 valence electrons. The molecule has 1 aromatic heterocycles. The Balaban J connectivity index is 1.96. The molecule has 0 N–H and O–H groups in total. The number of halogens is 6. The topological polar surface area (TPSA) is 74.5 Å². The molecule has 1 heterocycles. The number of alkyl halides is 6. The second-order valence-corrected chi connectivity index (χ2v) is 6.00. The summed E-state index contributed by atoms with van der Waals surface area (Å²) >= 11 is 0. The number of rotatable bonds is 5. The van der Waals surface area contributed by atoms with Crippen molar-refractivity contribution < 1.29 is 40.7 Å². The lowest BCUT2D eigenvalue weighted by Gasteiger charge is -2.11. The van der Waals surface area contributed by atoms with E-state index >= 15 is 0 Å². The maximum atomic E-state index is 12.3. The van der Waals surface area contributed by atoms with Gasteiger partial charge in [-0.1, -0.05) is 0 Å². The molecule has 12 heteroatoms. The van der Waals surface area contributed by atoms with E-state index in [1.165, 1.54) is 24.3 Å². The summed E-state index contributed by atoms with van der Waals surface area (Å²) < 4.78 is 81.3. The van der Waals surface area contributed by atoms with Crippen molar-refractivity contribution >= 4 is 5.69 Å². The van der Waals surface area contributed by atoms with E-state index in [0.29, 0.717) is 0 Å². The number of aromatic nitrogens is 1. The molecule has 0 amide bonds. The van der Waals surface area contributed by atoms with Crippen LogP contribution in [-0.4, -0.2) is 22.6 Å². The minimum absolute atomic E-state index is 0.0679. The molecule has 2 aromatic carbocycles. The Hall–Kier alpha value is -3.83. The Morgan fingerprint density at radius 1 is 0.710 bits per heavy atom. The average Bonchev–Trinajstić information content (AvgIpc) is 2.66. The third-order valence-corrected chi connectivity index (χ3v) is 3.79. The van der Waals surface area contributed by atoms with E-state index in [1.807, 2.05) is 0 Å². The number of pyridine rings is 1. The second kappa shape index (κ2) is 8.13. The highest BCUT2D eigenvalue weighted by Crippen LogP contribution is 2.31. The summed E-state index contributed by atoms with van der Waals surface area (Å²) in [6.07, 6.45) is -9.75. The first-order valence-corrected chi connectivity index (χ1v) is 8.28. The summed E-state index contributed by atoms with van der Waals surface area (Å²) in [5.41, 5.74) is 0.288.